The smallest absolute Gasteiger partial charge is 0.199 e. The highest BCUT2D eigenvalue weighted by Gasteiger charge is 2.11. The third kappa shape index (κ3) is 3.19. The molecule has 3 aromatic rings. The van der Waals surface area contributed by atoms with Crippen LogP contribution in [0.1, 0.15) is 17.0 Å². The van der Waals surface area contributed by atoms with Gasteiger partial charge < -0.3 is 10.1 Å². The lowest BCUT2D eigenvalue weighted by Crippen LogP contribution is -2.09. The molecule has 0 aliphatic rings. The molecule has 0 unspecified atom stereocenters. The SMILES string of the molecule is COc1ccccc1NCc1n[nH]c(=S)n1-c1ccc(C)cc1C. The van der Waals surface area contributed by atoms with Gasteiger partial charge in [0.05, 0.1) is 25.0 Å². The lowest BCUT2D eigenvalue weighted by molar-refractivity contribution is 0.416. The average Bonchev–Trinajstić information content (AvgIpc) is 2.94. The minimum atomic E-state index is 0.529. The van der Waals surface area contributed by atoms with E-state index in [-0.39, 0.29) is 0 Å². The van der Waals surface area contributed by atoms with Crippen LogP contribution in [0, 0.1) is 18.6 Å². The molecule has 24 heavy (non-hydrogen) atoms. The number of aryl methyl sites for hydroxylation is 2. The summed E-state index contributed by atoms with van der Waals surface area (Å²) < 4.78 is 7.92. The lowest BCUT2D eigenvalue weighted by Gasteiger charge is -2.13. The first kappa shape index (κ1) is 16.3. The number of hydrogen-bond donors (Lipinski definition) is 2. The Morgan fingerprint density at radius 2 is 2.00 bits per heavy atom. The quantitative estimate of drug-likeness (QED) is 0.685. The van der Waals surface area contributed by atoms with Crippen molar-refractivity contribution in [3.63, 3.8) is 0 Å². The molecule has 0 saturated heterocycles. The summed E-state index contributed by atoms with van der Waals surface area (Å²) >= 11 is 5.42. The van der Waals surface area contributed by atoms with Crippen molar-refractivity contribution in [3.8, 4) is 11.4 Å². The van der Waals surface area contributed by atoms with Crippen LogP contribution in [-0.2, 0) is 6.54 Å². The van der Waals surface area contributed by atoms with E-state index < -0.39 is 0 Å². The standard InChI is InChI=1S/C18H20N4OS/c1-12-8-9-15(13(2)10-12)22-17(20-21-18(22)24)11-19-14-6-4-5-7-16(14)23-3/h4-10,19H,11H2,1-3H3,(H,21,24). The van der Waals surface area contributed by atoms with Crippen LogP contribution in [0.25, 0.3) is 5.69 Å². The third-order valence-electron chi connectivity index (χ3n) is 3.88. The van der Waals surface area contributed by atoms with Crippen molar-refractivity contribution in [1.29, 1.82) is 0 Å². The number of H-pyrrole nitrogens is 1. The second kappa shape index (κ2) is 6.88. The molecule has 0 fully saturated rings. The molecule has 0 bridgehead atoms. The van der Waals surface area contributed by atoms with E-state index in [2.05, 4.69) is 47.6 Å². The predicted octanol–water partition coefficient (Wildman–Crippen LogP) is 4.17. The number of hydrogen-bond acceptors (Lipinski definition) is 4. The van der Waals surface area contributed by atoms with E-state index in [0.717, 1.165) is 28.5 Å². The Morgan fingerprint density at radius 3 is 2.75 bits per heavy atom. The Bertz CT molecular complexity index is 913. The van der Waals surface area contributed by atoms with Gasteiger partial charge in [0, 0.05) is 0 Å². The topological polar surface area (TPSA) is 54.9 Å². The van der Waals surface area contributed by atoms with Gasteiger partial charge in [-0.2, -0.15) is 5.10 Å². The predicted molar refractivity (Wildman–Crippen MR) is 98.5 cm³/mol. The zero-order chi connectivity index (χ0) is 17.1. The second-order valence-corrected chi connectivity index (χ2v) is 6.01. The van der Waals surface area contributed by atoms with Crippen LogP contribution in [0.2, 0.25) is 0 Å². The van der Waals surface area contributed by atoms with Gasteiger partial charge in [-0.05, 0) is 49.8 Å². The maximum absolute atomic E-state index is 5.42. The summed E-state index contributed by atoms with van der Waals surface area (Å²) in [5.41, 5.74) is 4.34. The van der Waals surface area contributed by atoms with Crippen LogP contribution in [-0.4, -0.2) is 21.9 Å². The van der Waals surface area contributed by atoms with Gasteiger partial charge in [0.25, 0.3) is 0 Å². The van der Waals surface area contributed by atoms with Crippen molar-refractivity contribution in [2.24, 2.45) is 0 Å². The molecule has 2 aromatic carbocycles. The number of anilines is 1. The van der Waals surface area contributed by atoms with Crippen molar-refractivity contribution in [1.82, 2.24) is 14.8 Å². The van der Waals surface area contributed by atoms with Crippen molar-refractivity contribution >= 4 is 17.9 Å². The van der Waals surface area contributed by atoms with E-state index in [1.54, 1.807) is 7.11 Å². The van der Waals surface area contributed by atoms with E-state index in [1.165, 1.54) is 5.56 Å². The van der Waals surface area contributed by atoms with E-state index in [9.17, 15) is 0 Å². The summed E-state index contributed by atoms with van der Waals surface area (Å²) in [4.78, 5) is 0. The molecule has 3 rings (SSSR count). The molecule has 6 heteroatoms. The van der Waals surface area contributed by atoms with Crippen molar-refractivity contribution in [3.05, 3.63) is 64.2 Å². The van der Waals surface area contributed by atoms with Crippen molar-refractivity contribution in [2.45, 2.75) is 20.4 Å². The summed E-state index contributed by atoms with van der Waals surface area (Å²) in [6.45, 7) is 4.69. The molecule has 1 aromatic heterocycles. The number of methoxy groups -OCH3 is 1. The second-order valence-electron chi connectivity index (χ2n) is 5.62. The Balaban J connectivity index is 1.92. The van der Waals surface area contributed by atoms with Crippen LogP contribution in [0.5, 0.6) is 5.75 Å². The molecular weight excluding hydrogens is 320 g/mol. The van der Waals surface area contributed by atoms with Gasteiger partial charge in [-0.1, -0.05) is 29.8 Å². The molecule has 0 saturated carbocycles. The van der Waals surface area contributed by atoms with Crippen LogP contribution in [0.15, 0.2) is 42.5 Å². The molecule has 0 aliphatic heterocycles. The highest BCUT2D eigenvalue weighted by atomic mass is 32.1. The Labute approximate surface area is 146 Å². The molecule has 5 nitrogen and oxygen atoms in total. The molecular formula is C18H20N4OS. The lowest BCUT2D eigenvalue weighted by atomic mass is 10.1. The number of nitrogens with zero attached hydrogens (tertiary/aromatic N) is 2. The number of rotatable bonds is 5. The minimum Gasteiger partial charge on any atom is -0.495 e. The van der Waals surface area contributed by atoms with E-state index in [4.69, 9.17) is 17.0 Å². The molecule has 0 spiro atoms. The van der Waals surface area contributed by atoms with Gasteiger partial charge >= 0.3 is 0 Å². The van der Waals surface area contributed by atoms with Crippen LogP contribution >= 0.6 is 12.2 Å². The summed E-state index contributed by atoms with van der Waals surface area (Å²) in [6, 6.07) is 14.1. The number of aromatic nitrogens is 3. The van der Waals surface area contributed by atoms with Crippen LogP contribution in [0.3, 0.4) is 0 Å². The van der Waals surface area contributed by atoms with E-state index in [1.807, 2.05) is 28.8 Å². The van der Waals surface area contributed by atoms with Crippen LogP contribution in [0.4, 0.5) is 5.69 Å². The van der Waals surface area contributed by atoms with Gasteiger partial charge in [-0.15, -0.1) is 0 Å². The fraction of sp³-hybridized carbons (Fsp3) is 0.222. The molecule has 0 radical (unpaired) electrons. The van der Waals surface area contributed by atoms with Crippen molar-refractivity contribution < 1.29 is 4.74 Å². The van der Waals surface area contributed by atoms with Gasteiger partial charge in [0.2, 0.25) is 0 Å². The maximum Gasteiger partial charge on any atom is 0.199 e. The number of ether oxygens (including phenoxy) is 1. The van der Waals surface area contributed by atoms with Crippen molar-refractivity contribution in [2.75, 3.05) is 12.4 Å². The molecule has 0 atom stereocenters. The summed E-state index contributed by atoms with van der Waals surface area (Å²) in [7, 11) is 1.66. The van der Waals surface area contributed by atoms with Gasteiger partial charge in [-0.3, -0.25) is 9.67 Å². The minimum absolute atomic E-state index is 0.529. The highest BCUT2D eigenvalue weighted by molar-refractivity contribution is 7.71. The highest BCUT2D eigenvalue weighted by Crippen LogP contribution is 2.24. The van der Waals surface area contributed by atoms with E-state index in [0.29, 0.717) is 11.3 Å². The fourth-order valence-electron chi connectivity index (χ4n) is 2.72. The molecule has 1 heterocycles. The molecule has 0 amide bonds. The number of aromatic amines is 1. The van der Waals surface area contributed by atoms with Crippen LogP contribution < -0.4 is 10.1 Å². The largest absolute Gasteiger partial charge is 0.495 e. The maximum atomic E-state index is 5.42. The first-order valence-corrected chi connectivity index (χ1v) is 8.12. The Morgan fingerprint density at radius 1 is 1.21 bits per heavy atom. The van der Waals surface area contributed by atoms with E-state index >= 15 is 0 Å². The zero-order valence-corrected chi connectivity index (χ0v) is 14.8. The summed E-state index contributed by atoms with van der Waals surface area (Å²) in [5.74, 6) is 1.61. The Kier molecular flexibility index (Phi) is 4.66. The normalized spacial score (nSPS) is 10.6. The molecule has 0 aliphatic carbocycles. The summed E-state index contributed by atoms with van der Waals surface area (Å²) in [6.07, 6.45) is 0. The number of benzene rings is 2. The third-order valence-corrected chi connectivity index (χ3v) is 4.15. The first-order chi connectivity index (χ1) is 11.6. The number of para-hydroxylation sites is 2. The monoisotopic (exact) mass is 340 g/mol. The van der Waals surface area contributed by atoms with Gasteiger partial charge in [0.15, 0.2) is 10.6 Å². The summed E-state index contributed by atoms with van der Waals surface area (Å²) in [5, 5.41) is 10.6. The fourth-order valence-corrected chi connectivity index (χ4v) is 2.97. The number of nitrogens with one attached hydrogen (secondary N) is 2. The first-order valence-electron chi connectivity index (χ1n) is 7.71. The zero-order valence-electron chi connectivity index (χ0n) is 14.0. The molecule has 2 N–H and O–H groups in total. The van der Waals surface area contributed by atoms with Gasteiger partial charge in [0.1, 0.15) is 5.75 Å². The average molecular weight is 340 g/mol. The Hall–Kier alpha value is -2.60. The molecule has 124 valence electrons. The van der Waals surface area contributed by atoms with Gasteiger partial charge in [-0.25, -0.2) is 0 Å².